The first-order valence-corrected chi connectivity index (χ1v) is 8.86. The molecule has 112 valence electrons. The van der Waals surface area contributed by atoms with Gasteiger partial charge in [0.1, 0.15) is 0 Å². The lowest BCUT2D eigenvalue weighted by atomic mass is 9.80. The molecule has 0 amide bonds. The maximum atomic E-state index is 12.2. The standard InChI is InChI=1S/C16H19NO3S/c1-10-5-12(9-17)6-11(2)15(10)16(18)7-13-3-4-14(8-16)21(13,19)20/h5-6,13-14,18H,3-4,7-8H2,1-2H3. The van der Waals surface area contributed by atoms with Crippen molar-refractivity contribution in [1.29, 1.82) is 5.26 Å². The molecule has 0 saturated carbocycles. The maximum absolute atomic E-state index is 12.2. The summed E-state index contributed by atoms with van der Waals surface area (Å²) in [5.74, 6) is 0. The molecule has 2 heterocycles. The summed E-state index contributed by atoms with van der Waals surface area (Å²) < 4.78 is 24.4. The SMILES string of the molecule is Cc1cc(C#N)cc(C)c1C1(O)CC2CCC(C1)S2(=O)=O. The van der Waals surface area contributed by atoms with Crippen LogP contribution in [0.1, 0.15) is 47.9 Å². The van der Waals surface area contributed by atoms with Gasteiger partial charge in [0.15, 0.2) is 9.84 Å². The number of fused-ring (bicyclic) bond motifs is 2. The predicted octanol–water partition coefficient (Wildman–Crippen LogP) is 2.10. The van der Waals surface area contributed by atoms with Gasteiger partial charge in [0.05, 0.1) is 27.7 Å². The summed E-state index contributed by atoms with van der Waals surface area (Å²) in [6.07, 6.45) is 1.87. The third kappa shape index (κ3) is 2.09. The molecule has 0 radical (unpaired) electrons. The summed E-state index contributed by atoms with van der Waals surface area (Å²) in [7, 11) is -3.06. The van der Waals surface area contributed by atoms with Crippen LogP contribution in [0.3, 0.4) is 0 Å². The molecule has 0 aromatic heterocycles. The Labute approximate surface area is 125 Å². The first-order valence-electron chi connectivity index (χ1n) is 7.25. The van der Waals surface area contributed by atoms with Gasteiger partial charge < -0.3 is 5.11 Å². The van der Waals surface area contributed by atoms with Crippen molar-refractivity contribution in [2.45, 2.75) is 55.6 Å². The van der Waals surface area contributed by atoms with E-state index >= 15 is 0 Å². The zero-order valence-electron chi connectivity index (χ0n) is 12.3. The highest BCUT2D eigenvalue weighted by Gasteiger charge is 2.53. The van der Waals surface area contributed by atoms with Crippen molar-refractivity contribution >= 4 is 9.84 Å². The Kier molecular flexibility index (Phi) is 3.16. The Bertz CT molecular complexity index is 702. The molecule has 2 fully saturated rings. The lowest BCUT2D eigenvalue weighted by Crippen LogP contribution is -2.43. The Hall–Kier alpha value is -1.38. The average Bonchev–Trinajstić information content (AvgIpc) is 2.58. The van der Waals surface area contributed by atoms with Crippen molar-refractivity contribution in [2.24, 2.45) is 0 Å². The molecule has 2 aliphatic heterocycles. The molecule has 1 N–H and O–H groups in total. The fraction of sp³-hybridized carbons (Fsp3) is 0.562. The van der Waals surface area contributed by atoms with Gasteiger partial charge in [0, 0.05) is 0 Å². The fourth-order valence-electron chi connectivity index (χ4n) is 4.21. The molecule has 0 aliphatic carbocycles. The third-order valence-corrected chi connectivity index (χ3v) is 7.66. The normalized spacial score (nSPS) is 33.6. The second-order valence-electron chi connectivity index (χ2n) is 6.45. The molecular weight excluding hydrogens is 286 g/mol. The second-order valence-corrected chi connectivity index (χ2v) is 8.96. The summed E-state index contributed by atoms with van der Waals surface area (Å²) in [6.45, 7) is 3.76. The molecule has 1 aromatic carbocycles. The van der Waals surface area contributed by atoms with Crippen LogP contribution in [0, 0.1) is 25.2 Å². The number of rotatable bonds is 1. The zero-order chi connectivity index (χ0) is 15.4. The Morgan fingerprint density at radius 2 is 1.67 bits per heavy atom. The van der Waals surface area contributed by atoms with Gasteiger partial charge in [0.25, 0.3) is 0 Å². The van der Waals surface area contributed by atoms with Crippen LogP contribution in [0.4, 0.5) is 0 Å². The minimum Gasteiger partial charge on any atom is -0.385 e. The molecule has 21 heavy (non-hydrogen) atoms. The van der Waals surface area contributed by atoms with E-state index in [9.17, 15) is 13.5 Å². The van der Waals surface area contributed by atoms with E-state index in [4.69, 9.17) is 5.26 Å². The third-order valence-electron chi connectivity index (χ3n) is 5.00. The van der Waals surface area contributed by atoms with Crippen LogP contribution in [0.15, 0.2) is 12.1 Å². The molecular formula is C16H19NO3S. The minimum absolute atomic E-state index is 0.277. The van der Waals surface area contributed by atoms with Gasteiger partial charge in [-0.25, -0.2) is 8.42 Å². The van der Waals surface area contributed by atoms with Gasteiger partial charge >= 0.3 is 0 Å². The monoisotopic (exact) mass is 305 g/mol. The molecule has 5 heteroatoms. The van der Waals surface area contributed by atoms with Crippen LogP contribution in [0.25, 0.3) is 0 Å². The Morgan fingerprint density at radius 3 is 2.10 bits per heavy atom. The van der Waals surface area contributed by atoms with E-state index in [-0.39, 0.29) is 12.8 Å². The van der Waals surface area contributed by atoms with E-state index in [1.807, 2.05) is 13.8 Å². The Morgan fingerprint density at radius 1 is 1.19 bits per heavy atom. The summed E-state index contributed by atoms with van der Waals surface area (Å²) in [5.41, 5.74) is 2.04. The van der Waals surface area contributed by atoms with Gasteiger partial charge in [-0.1, -0.05) is 0 Å². The number of aryl methyl sites for hydroxylation is 2. The lowest BCUT2D eigenvalue weighted by Gasteiger charge is -2.38. The summed E-state index contributed by atoms with van der Waals surface area (Å²) in [5, 5.41) is 19.3. The number of aliphatic hydroxyl groups is 1. The number of nitriles is 1. The maximum Gasteiger partial charge on any atom is 0.156 e. The smallest absolute Gasteiger partial charge is 0.156 e. The van der Waals surface area contributed by atoms with Gasteiger partial charge in [-0.05, 0) is 68.4 Å². The molecule has 2 atom stereocenters. The van der Waals surface area contributed by atoms with Crippen LogP contribution < -0.4 is 0 Å². The minimum atomic E-state index is -3.06. The first kappa shape index (κ1) is 14.6. The van der Waals surface area contributed by atoms with Crippen molar-refractivity contribution in [3.8, 4) is 6.07 Å². The molecule has 2 unspecified atom stereocenters. The molecule has 2 aliphatic rings. The molecule has 4 nitrogen and oxygen atoms in total. The largest absolute Gasteiger partial charge is 0.385 e. The molecule has 2 bridgehead atoms. The molecule has 3 rings (SSSR count). The molecule has 0 spiro atoms. The van der Waals surface area contributed by atoms with Gasteiger partial charge in [-0.15, -0.1) is 0 Å². The van der Waals surface area contributed by atoms with Crippen molar-refractivity contribution in [3.63, 3.8) is 0 Å². The van der Waals surface area contributed by atoms with Gasteiger partial charge in [-0.3, -0.25) is 0 Å². The van der Waals surface area contributed by atoms with Crippen molar-refractivity contribution < 1.29 is 13.5 Å². The number of hydrogen-bond donors (Lipinski definition) is 1. The predicted molar refractivity (Wildman–Crippen MR) is 79.5 cm³/mol. The van der Waals surface area contributed by atoms with Crippen LogP contribution in [0.5, 0.6) is 0 Å². The highest BCUT2D eigenvalue weighted by Crippen LogP contribution is 2.49. The zero-order valence-corrected chi connectivity index (χ0v) is 13.1. The highest BCUT2D eigenvalue weighted by atomic mass is 32.2. The lowest BCUT2D eigenvalue weighted by molar-refractivity contribution is 0.0161. The fourth-order valence-corrected chi connectivity index (χ4v) is 6.70. The van der Waals surface area contributed by atoms with E-state index in [0.717, 1.165) is 16.7 Å². The topological polar surface area (TPSA) is 78.2 Å². The van der Waals surface area contributed by atoms with Crippen LogP contribution in [0.2, 0.25) is 0 Å². The molecule has 2 saturated heterocycles. The Balaban J connectivity index is 2.08. The van der Waals surface area contributed by atoms with Crippen molar-refractivity contribution in [3.05, 3.63) is 34.4 Å². The van der Waals surface area contributed by atoms with Crippen LogP contribution >= 0.6 is 0 Å². The van der Waals surface area contributed by atoms with Crippen molar-refractivity contribution in [2.75, 3.05) is 0 Å². The van der Waals surface area contributed by atoms with E-state index in [1.165, 1.54) is 0 Å². The number of nitrogens with zero attached hydrogens (tertiary/aromatic N) is 1. The summed E-state index contributed by atoms with van der Waals surface area (Å²) in [6, 6.07) is 5.66. The molecule has 1 aromatic rings. The quantitative estimate of drug-likeness (QED) is 0.862. The number of benzene rings is 1. The van der Waals surface area contributed by atoms with E-state index in [2.05, 4.69) is 6.07 Å². The van der Waals surface area contributed by atoms with Crippen LogP contribution in [-0.2, 0) is 15.4 Å². The van der Waals surface area contributed by atoms with E-state index < -0.39 is 25.9 Å². The highest BCUT2D eigenvalue weighted by molar-refractivity contribution is 7.93. The van der Waals surface area contributed by atoms with Crippen molar-refractivity contribution in [1.82, 2.24) is 0 Å². The average molecular weight is 305 g/mol. The number of hydrogen-bond acceptors (Lipinski definition) is 4. The van der Waals surface area contributed by atoms with Gasteiger partial charge in [0.2, 0.25) is 0 Å². The van der Waals surface area contributed by atoms with Crippen LogP contribution in [-0.4, -0.2) is 24.0 Å². The summed E-state index contributed by atoms with van der Waals surface area (Å²) >= 11 is 0. The van der Waals surface area contributed by atoms with Gasteiger partial charge in [-0.2, -0.15) is 5.26 Å². The summed E-state index contributed by atoms with van der Waals surface area (Å²) in [4.78, 5) is 0. The first-order chi connectivity index (χ1) is 9.78. The van der Waals surface area contributed by atoms with E-state index in [0.29, 0.717) is 18.4 Å². The van der Waals surface area contributed by atoms with E-state index in [1.54, 1.807) is 12.1 Å². The number of sulfone groups is 1. The second kappa shape index (κ2) is 4.56.